The number of nitrogens with one attached hydrogen (secondary N) is 1. The summed E-state index contributed by atoms with van der Waals surface area (Å²) in [6.45, 7) is 3.35. The van der Waals surface area contributed by atoms with Gasteiger partial charge >= 0.3 is 0 Å². The average Bonchev–Trinajstić information content (AvgIpc) is 2.48. The van der Waals surface area contributed by atoms with E-state index in [-0.39, 0.29) is 0 Å². The van der Waals surface area contributed by atoms with Crippen LogP contribution in [-0.4, -0.2) is 14.2 Å². The lowest BCUT2D eigenvalue weighted by Gasteiger charge is -2.15. The van der Waals surface area contributed by atoms with E-state index in [0.717, 1.165) is 27.0 Å². The number of methoxy groups -OCH3 is 2. The van der Waals surface area contributed by atoms with Gasteiger partial charge in [-0.1, -0.05) is 39.7 Å². The molecule has 112 valence electrons. The van der Waals surface area contributed by atoms with Crippen LogP contribution < -0.4 is 10.1 Å². The van der Waals surface area contributed by atoms with Crippen LogP contribution in [0.15, 0.2) is 40.9 Å². The van der Waals surface area contributed by atoms with Crippen LogP contribution in [0.1, 0.15) is 16.7 Å². The van der Waals surface area contributed by atoms with Gasteiger partial charge in [-0.05, 0) is 25.1 Å². The second-order valence-corrected chi connectivity index (χ2v) is 5.72. The largest absolute Gasteiger partial charge is 0.496 e. The minimum absolute atomic E-state index is 0.564. The molecule has 0 aliphatic carbocycles. The van der Waals surface area contributed by atoms with Crippen LogP contribution in [0, 0.1) is 6.92 Å². The van der Waals surface area contributed by atoms with Crippen LogP contribution in [0.25, 0.3) is 0 Å². The first-order valence-corrected chi connectivity index (χ1v) is 7.58. The van der Waals surface area contributed by atoms with Crippen molar-refractivity contribution in [3.63, 3.8) is 0 Å². The van der Waals surface area contributed by atoms with Gasteiger partial charge in [-0.15, -0.1) is 0 Å². The summed E-state index contributed by atoms with van der Waals surface area (Å²) in [5.41, 5.74) is 4.54. The lowest BCUT2D eigenvalue weighted by Crippen LogP contribution is -2.05. The van der Waals surface area contributed by atoms with Gasteiger partial charge in [0.15, 0.2) is 0 Å². The number of benzene rings is 2. The molecule has 2 aromatic carbocycles. The maximum Gasteiger partial charge on any atom is 0.123 e. The predicted molar refractivity (Wildman–Crippen MR) is 89.9 cm³/mol. The normalized spacial score (nSPS) is 10.5. The molecule has 4 heteroatoms. The third-order valence-electron chi connectivity index (χ3n) is 3.31. The molecular weight excluding hydrogens is 330 g/mol. The van der Waals surface area contributed by atoms with Gasteiger partial charge in [-0.2, -0.15) is 0 Å². The Morgan fingerprint density at radius 2 is 1.95 bits per heavy atom. The van der Waals surface area contributed by atoms with E-state index in [9.17, 15) is 0 Å². The fraction of sp³-hybridized carbons (Fsp3) is 0.294. The van der Waals surface area contributed by atoms with Gasteiger partial charge in [0.1, 0.15) is 5.75 Å². The minimum atomic E-state index is 0.564. The summed E-state index contributed by atoms with van der Waals surface area (Å²) in [5.74, 6) is 0.899. The van der Waals surface area contributed by atoms with Crippen LogP contribution in [0.2, 0.25) is 0 Å². The van der Waals surface area contributed by atoms with E-state index in [2.05, 4.69) is 46.4 Å². The molecule has 0 unspecified atom stereocenters. The zero-order chi connectivity index (χ0) is 15.2. The van der Waals surface area contributed by atoms with E-state index in [4.69, 9.17) is 9.47 Å². The van der Waals surface area contributed by atoms with Crippen molar-refractivity contribution in [1.29, 1.82) is 0 Å². The topological polar surface area (TPSA) is 30.5 Å². The number of anilines is 1. The van der Waals surface area contributed by atoms with E-state index in [1.54, 1.807) is 14.2 Å². The molecule has 0 aliphatic heterocycles. The Morgan fingerprint density at radius 3 is 2.67 bits per heavy atom. The molecule has 0 bridgehead atoms. The third-order valence-corrected chi connectivity index (χ3v) is 4.06. The Morgan fingerprint density at radius 1 is 1.14 bits per heavy atom. The number of halogens is 1. The Balaban J connectivity index is 2.20. The fourth-order valence-corrected chi connectivity index (χ4v) is 2.73. The molecule has 2 rings (SSSR count). The summed E-state index contributed by atoms with van der Waals surface area (Å²) in [5, 5.41) is 3.47. The molecule has 0 amide bonds. The molecule has 2 aromatic rings. The first-order valence-electron chi connectivity index (χ1n) is 6.79. The van der Waals surface area contributed by atoms with Gasteiger partial charge < -0.3 is 14.8 Å². The number of ether oxygens (including phenoxy) is 2. The molecule has 0 saturated heterocycles. The molecule has 0 spiro atoms. The van der Waals surface area contributed by atoms with Gasteiger partial charge in [0.2, 0.25) is 0 Å². The van der Waals surface area contributed by atoms with Gasteiger partial charge in [0.05, 0.1) is 13.7 Å². The molecule has 21 heavy (non-hydrogen) atoms. The Bertz CT molecular complexity index is 614. The van der Waals surface area contributed by atoms with E-state index in [1.165, 1.54) is 5.56 Å². The van der Waals surface area contributed by atoms with E-state index in [0.29, 0.717) is 13.2 Å². The van der Waals surface area contributed by atoms with Crippen LogP contribution in [0.4, 0.5) is 5.69 Å². The predicted octanol–water partition coefficient (Wildman–Crippen LogP) is 4.52. The molecule has 0 atom stereocenters. The third kappa shape index (κ3) is 3.99. The van der Waals surface area contributed by atoms with E-state index in [1.807, 2.05) is 18.2 Å². The lowest BCUT2D eigenvalue weighted by molar-refractivity contribution is 0.185. The highest BCUT2D eigenvalue weighted by Crippen LogP contribution is 2.27. The summed E-state index contributed by atoms with van der Waals surface area (Å²) in [6, 6.07) is 12.3. The number of hydrogen-bond acceptors (Lipinski definition) is 3. The minimum Gasteiger partial charge on any atom is -0.496 e. The van der Waals surface area contributed by atoms with E-state index < -0.39 is 0 Å². The van der Waals surface area contributed by atoms with Crippen molar-refractivity contribution in [3.05, 3.63) is 57.6 Å². The van der Waals surface area contributed by atoms with E-state index >= 15 is 0 Å². The van der Waals surface area contributed by atoms with Crippen LogP contribution in [-0.2, 0) is 17.9 Å². The van der Waals surface area contributed by atoms with Crippen molar-refractivity contribution >= 4 is 21.6 Å². The van der Waals surface area contributed by atoms with Crippen molar-refractivity contribution in [2.24, 2.45) is 0 Å². The zero-order valence-electron chi connectivity index (χ0n) is 12.6. The second kappa shape index (κ2) is 7.48. The maximum absolute atomic E-state index is 5.42. The van der Waals surface area contributed by atoms with Crippen LogP contribution >= 0.6 is 15.9 Å². The average molecular weight is 350 g/mol. The Hall–Kier alpha value is -1.52. The van der Waals surface area contributed by atoms with Gasteiger partial charge in [-0.25, -0.2) is 0 Å². The van der Waals surface area contributed by atoms with Crippen molar-refractivity contribution < 1.29 is 9.47 Å². The summed E-state index contributed by atoms with van der Waals surface area (Å²) < 4.78 is 11.7. The summed E-state index contributed by atoms with van der Waals surface area (Å²) in [6.07, 6.45) is 0. The Kier molecular flexibility index (Phi) is 5.65. The maximum atomic E-state index is 5.42. The number of hydrogen-bond donors (Lipinski definition) is 1. The second-order valence-electron chi connectivity index (χ2n) is 4.87. The monoisotopic (exact) mass is 349 g/mol. The first-order chi connectivity index (χ1) is 10.2. The summed E-state index contributed by atoms with van der Waals surface area (Å²) >= 11 is 3.57. The van der Waals surface area contributed by atoms with Crippen molar-refractivity contribution in [3.8, 4) is 5.75 Å². The zero-order valence-corrected chi connectivity index (χ0v) is 14.2. The van der Waals surface area contributed by atoms with Gasteiger partial charge in [0.25, 0.3) is 0 Å². The van der Waals surface area contributed by atoms with Gasteiger partial charge in [0, 0.05) is 34.9 Å². The standard InChI is InChI=1S/C17H20BrNO2/c1-12-7-8-17(21-3)13(9-12)10-19-16-6-4-5-15(18)14(16)11-20-2/h4-9,19H,10-11H2,1-3H3. The van der Waals surface area contributed by atoms with Crippen LogP contribution in [0.3, 0.4) is 0 Å². The highest BCUT2D eigenvalue weighted by molar-refractivity contribution is 9.10. The van der Waals surface area contributed by atoms with Crippen molar-refractivity contribution in [2.45, 2.75) is 20.1 Å². The Labute approximate surface area is 134 Å². The molecule has 0 aliphatic rings. The molecule has 0 aromatic heterocycles. The van der Waals surface area contributed by atoms with Crippen molar-refractivity contribution in [2.75, 3.05) is 19.5 Å². The molecular formula is C17H20BrNO2. The molecule has 1 N–H and O–H groups in total. The highest BCUT2D eigenvalue weighted by Gasteiger charge is 2.08. The first kappa shape index (κ1) is 15.9. The number of rotatable bonds is 6. The lowest BCUT2D eigenvalue weighted by atomic mass is 10.1. The summed E-state index contributed by atoms with van der Waals surface area (Å²) in [7, 11) is 3.40. The molecule has 0 fully saturated rings. The van der Waals surface area contributed by atoms with Crippen LogP contribution in [0.5, 0.6) is 5.75 Å². The van der Waals surface area contributed by atoms with Gasteiger partial charge in [-0.3, -0.25) is 0 Å². The molecule has 0 saturated carbocycles. The van der Waals surface area contributed by atoms with Crippen molar-refractivity contribution in [1.82, 2.24) is 0 Å². The molecule has 0 heterocycles. The molecule has 3 nitrogen and oxygen atoms in total. The fourth-order valence-electron chi connectivity index (χ4n) is 2.25. The SMILES string of the molecule is COCc1c(Br)cccc1NCc1cc(C)ccc1OC. The quantitative estimate of drug-likeness (QED) is 0.831. The smallest absolute Gasteiger partial charge is 0.123 e. The highest BCUT2D eigenvalue weighted by atomic mass is 79.9. The molecule has 0 radical (unpaired) electrons. The number of aryl methyl sites for hydroxylation is 1. The summed E-state index contributed by atoms with van der Waals surface area (Å²) in [4.78, 5) is 0.